The van der Waals surface area contributed by atoms with Gasteiger partial charge >= 0.3 is 0 Å². The first kappa shape index (κ1) is 8.40. The molecule has 0 aromatic heterocycles. The third kappa shape index (κ3) is 5.27. The van der Waals surface area contributed by atoms with Crippen LogP contribution in [0.2, 0.25) is 0 Å². The van der Waals surface area contributed by atoms with E-state index in [1.807, 2.05) is 31.2 Å². The lowest BCUT2D eigenvalue weighted by Gasteiger charge is -1.94. The molecule has 0 saturated carbocycles. The van der Waals surface area contributed by atoms with E-state index < -0.39 is 0 Å². The van der Waals surface area contributed by atoms with Crippen molar-refractivity contribution in [2.45, 2.75) is 13.0 Å². The van der Waals surface area contributed by atoms with Crippen molar-refractivity contribution in [1.29, 1.82) is 0 Å². The van der Waals surface area contributed by atoms with Gasteiger partial charge in [0.25, 0.3) is 0 Å². The minimum Gasteiger partial charge on any atom is -0.327 e. The molecule has 0 aliphatic rings. The van der Waals surface area contributed by atoms with E-state index in [1.165, 1.54) is 0 Å². The van der Waals surface area contributed by atoms with Crippen molar-refractivity contribution < 1.29 is 0 Å². The summed E-state index contributed by atoms with van der Waals surface area (Å²) in [5, 5.41) is 0. The second-order valence-electron chi connectivity index (χ2n) is 1.77. The van der Waals surface area contributed by atoms with E-state index in [0.29, 0.717) is 6.54 Å². The Kier molecular flexibility index (Phi) is 5.17. The molecular formula is C7H14N2. The van der Waals surface area contributed by atoms with Crippen molar-refractivity contribution in [3.8, 4) is 0 Å². The average molecular weight is 126 g/mol. The number of nitrogens with two attached hydrogens (primary N) is 2. The summed E-state index contributed by atoms with van der Waals surface area (Å²) < 4.78 is 0. The topological polar surface area (TPSA) is 52.0 Å². The summed E-state index contributed by atoms with van der Waals surface area (Å²) >= 11 is 0. The van der Waals surface area contributed by atoms with E-state index in [1.54, 1.807) is 0 Å². The van der Waals surface area contributed by atoms with E-state index in [0.717, 1.165) is 0 Å². The second kappa shape index (κ2) is 5.54. The van der Waals surface area contributed by atoms with Crippen LogP contribution in [0.15, 0.2) is 24.3 Å². The highest BCUT2D eigenvalue weighted by Gasteiger charge is 1.84. The molecule has 0 fully saturated rings. The van der Waals surface area contributed by atoms with Crippen LogP contribution < -0.4 is 11.5 Å². The predicted octanol–water partition coefficient (Wildman–Crippen LogP) is 0.405. The standard InChI is InChI=1S/C7H14N2/c1-2-4-7(9)5-3-6-8/h2-5,7H,6,8-9H2,1H3. The van der Waals surface area contributed by atoms with Crippen molar-refractivity contribution in [3.05, 3.63) is 24.3 Å². The van der Waals surface area contributed by atoms with Gasteiger partial charge < -0.3 is 11.5 Å². The monoisotopic (exact) mass is 126 g/mol. The van der Waals surface area contributed by atoms with Gasteiger partial charge in [-0.25, -0.2) is 0 Å². The van der Waals surface area contributed by atoms with E-state index in [-0.39, 0.29) is 6.04 Å². The van der Waals surface area contributed by atoms with Crippen LogP contribution >= 0.6 is 0 Å². The highest BCUT2D eigenvalue weighted by Crippen LogP contribution is 1.82. The smallest absolute Gasteiger partial charge is 0.0410 e. The van der Waals surface area contributed by atoms with E-state index in [2.05, 4.69) is 0 Å². The SMILES string of the molecule is CC=CC(N)C=CCN. The zero-order valence-corrected chi connectivity index (χ0v) is 5.75. The van der Waals surface area contributed by atoms with Gasteiger partial charge in [0.2, 0.25) is 0 Å². The van der Waals surface area contributed by atoms with Gasteiger partial charge in [-0.2, -0.15) is 0 Å². The summed E-state index contributed by atoms with van der Waals surface area (Å²) in [6.07, 6.45) is 7.56. The zero-order chi connectivity index (χ0) is 7.11. The fourth-order valence-corrected chi connectivity index (χ4v) is 0.522. The summed E-state index contributed by atoms with van der Waals surface area (Å²) in [6.45, 7) is 2.50. The highest BCUT2D eigenvalue weighted by atomic mass is 14.6. The molecule has 1 atom stereocenters. The quantitative estimate of drug-likeness (QED) is 0.538. The van der Waals surface area contributed by atoms with Crippen LogP contribution in [-0.2, 0) is 0 Å². The summed E-state index contributed by atoms with van der Waals surface area (Å²) in [5.74, 6) is 0. The molecule has 0 aliphatic heterocycles. The number of hydrogen-bond donors (Lipinski definition) is 2. The molecule has 4 N–H and O–H groups in total. The van der Waals surface area contributed by atoms with Gasteiger partial charge in [0, 0.05) is 12.6 Å². The van der Waals surface area contributed by atoms with Gasteiger partial charge in [0.05, 0.1) is 0 Å². The van der Waals surface area contributed by atoms with Crippen LogP contribution in [0.4, 0.5) is 0 Å². The Bertz CT molecular complexity index is 105. The fourth-order valence-electron chi connectivity index (χ4n) is 0.522. The Balaban J connectivity index is 3.48. The lowest BCUT2D eigenvalue weighted by Crippen LogP contribution is -2.13. The Labute approximate surface area is 56.2 Å². The van der Waals surface area contributed by atoms with Crippen LogP contribution in [0.25, 0.3) is 0 Å². The van der Waals surface area contributed by atoms with Gasteiger partial charge in [0.1, 0.15) is 0 Å². The Morgan fingerprint density at radius 1 is 1.44 bits per heavy atom. The molecule has 0 amide bonds. The van der Waals surface area contributed by atoms with E-state index >= 15 is 0 Å². The van der Waals surface area contributed by atoms with Crippen LogP contribution in [0, 0.1) is 0 Å². The Morgan fingerprint density at radius 2 is 2.11 bits per heavy atom. The molecule has 2 heteroatoms. The second-order valence-corrected chi connectivity index (χ2v) is 1.77. The van der Waals surface area contributed by atoms with Crippen molar-refractivity contribution in [1.82, 2.24) is 0 Å². The van der Waals surface area contributed by atoms with Gasteiger partial charge in [-0.05, 0) is 6.92 Å². The summed E-state index contributed by atoms with van der Waals surface area (Å²) in [6, 6.07) is 0.0264. The van der Waals surface area contributed by atoms with Crippen LogP contribution in [-0.4, -0.2) is 12.6 Å². The lowest BCUT2D eigenvalue weighted by atomic mass is 10.2. The molecule has 52 valence electrons. The summed E-state index contributed by atoms with van der Waals surface area (Å²) in [4.78, 5) is 0. The van der Waals surface area contributed by atoms with E-state index in [4.69, 9.17) is 11.5 Å². The molecule has 0 aromatic carbocycles. The number of allylic oxidation sites excluding steroid dienone is 1. The molecule has 0 aliphatic carbocycles. The largest absolute Gasteiger partial charge is 0.327 e. The van der Waals surface area contributed by atoms with Crippen molar-refractivity contribution in [2.75, 3.05) is 6.54 Å². The van der Waals surface area contributed by atoms with Gasteiger partial charge in [0.15, 0.2) is 0 Å². The highest BCUT2D eigenvalue weighted by molar-refractivity contribution is 5.03. The van der Waals surface area contributed by atoms with Crippen molar-refractivity contribution >= 4 is 0 Å². The first-order valence-electron chi connectivity index (χ1n) is 3.06. The Hall–Kier alpha value is -0.600. The summed E-state index contributed by atoms with van der Waals surface area (Å²) in [7, 11) is 0. The molecule has 0 heterocycles. The number of rotatable bonds is 3. The fraction of sp³-hybridized carbons (Fsp3) is 0.429. The van der Waals surface area contributed by atoms with Crippen LogP contribution in [0.5, 0.6) is 0 Å². The first-order valence-corrected chi connectivity index (χ1v) is 3.06. The molecule has 1 unspecified atom stereocenters. The van der Waals surface area contributed by atoms with E-state index in [9.17, 15) is 0 Å². The normalized spacial score (nSPS) is 15.4. The average Bonchev–Trinajstić information content (AvgIpc) is 1.85. The maximum absolute atomic E-state index is 5.54. The van der Waals surface area contributed by atoms with Crippen molar-refractivity contribution in [2.24, 2.45) is 11.5 Å². The molecule has 0 spiro atoms. The molecule has 2 nitrogen and oxygen atoms in total. The maximum atomic E-state index is 5.54. The lowest BCUT2D eigenvalue weighted by molar-refractivity contribution is 1.02. The molecule has 0 saturated heterocycles. The van der Waals surface area contributed by atoms with Gasteiger partial charge in [-0.3, -0.25) is 0 Å². The molecule has 9 heavy (non-hydrogen) atoms. The molecule has 0 radical (unpaired) electrons. The van der Waals surface area contributed by atoms with Crippen molar-refractivity contribution in [3.63, 3.8) is 0 Å². The maximum Gasteiger partial charge on any atom is 0.0410 e. The van der Waals surface area contributed by atoms with Crippen LogP contribution in [0.1, 0.15) is 6.92 Å². The number of hydrogen-bond acceptors (Lipinski definition) is 2. The summed E-state index contributed by atoms with van der Waals surface area (Å²) in [5.41, 5.74) is 10.7. The zero-order valence-electron chi connectivity index (χ0n) is 5.75. The van der Waals surface area contributed by atoms with Crippen LogP contribution in [0.3, 0.4) is 0 Å². The third-order valence-corrected chi connectivity index (χ3v) is 0.909. The molecular weight excluding hydrogens is 112 g/mol. The predicted molar refractivity (Wildman–Crippen MR) is 41.0 cm³/mol. The Morgan fingerprint density at radius 3 is 2.56 bits per heavy atom. The minimum absolute atomic E-state index is 0.0264. The third-order valence-electron chi connectivity index (χ3n) is 0.909. The molecule has 0 bridgehead atoms. The molecule has 0 aromatic rings. The minimum atomic E-state index is 0.0264. The first-order chi connectivity index (χ1) is 4.31. The molecule has 0 rings (SSSR count). The van der Waals surface area contributed by atoms with Gasteiger partial charge in [-0.1, -0.05) is 24.3 Å². The van der Waals surface area contributed by atoms with Gasteiger partial charge in [-0.15, -0.1) is 0 Å².